The van der Waals surface area contributed by atoms with Gasteiger partial charge in [0.05, 0.1) is 22.9 Å². The normalized spacial score (nSPS) is 12.1. The molecule has 0 radical (unpaired) electrons. The maximum Gasteiger partial charge on any atom is 0.243 e. The highest BCUT2D eigenvalue weighted by molar-refractivity contribution is 7.89. The van der Waals surface area contributed by atoms with Crippen LogP contribution in [-0.2, 0) is 31.4 Å². The number of nitrogens with zero attached hydrogens (tertiary/aromatic N) is 2. The van der Waals surface area contributed by atoms with Crippen LogP contribution in [0.15, 0.2) is 82.6 Å². The summed E-state index contributed by atoms with van der Waals surface area (Å²) < 4.78 is 59.7. The van der Waals surface area contributed by atoms with Gasteiger partial charge in [-0.05, 0) is 61.4 Å². The van der Waals surface area contributed by atoms with Crippen LogP contribution in [0.5, 0.6) is 5.75 Å². The van der Waals surface area contributed by atoms with E-state index >= 15 is 0 Å². The molecule has 0 saturated carbocycles. The molecule has 0 aliphatic rings. The number of hydrogen-bond donors (Lipinski definition) is 1. The van der Waals surface area contributed by atoms with Gasteiger partial charge in [-0.3, -0.25) is 4.79 Å². The Balaban J connectivity index is 1.90. The van der Waals surface area contributed by atoms with E-state index in [1.54, 1.807) is 49.4 Å². The molecule has 0 spiro atoms. The third-order valence-electron chi connectivity index (χ3n) is 5.56. The van der Waals surface area contributed by atoms with Crippen molar-refractivity contribution in [3.05, 3.63) is 83.9 Å². The van der Waals surface area contributed by atoms with E-state index in [2.05, 4.69) is 5.32 Å². The molecular weight excluding hydrogens is 514 g/mol. The average Bonchev–Trinajstić information content (AvgIpc) is 2.86. The molecule has 0 aliphatic carbocycles. The SMILES string of the molecule is CCOc1ccc(S(=O)(=O)N(CC(=O)Nc2cc(S(=O)(=O)N(C)C)ccc2C)Cc2ccccc2)cc1. The first-order chi connectivity index (χ1) is 17.4. The van der Waals surface area contributed by atoms with Crippen molar-refractivity contribution in [2.24, 2.45) is 0 Å². The van der Waals surface area contributed by atoms with E-state index in [9.17, 15) is 21.6 Å². The van der Waals surface area contributed by atoms with Crippen LogP contribution in [0.1, 0.15) is 18.1 Å². The molecule has 3 aromatic rings. The number of rotatable bonds is 11. The fraction of sp³-hybridized carbons (Fsp3) is 0.269. The number of anilines is 1. The van der Waals surface area contributed by atoms with E-state index in [-0.39, 0.29) is 22.0 Å². The van der Waals surface area contributed by atoms with Gasteiger partial charge in [-0.15, -0.1) is 0 Å². The summed E-state index contributed by atoms with van der Waals surface area (Å²) >= 11 is 0. The molecule has 0 aliphatic heterocycles. The molecule has 0 aromatic heterocycles. The van der Waals surface area contributed by atoms with Crippen LogP contribution in [0.25, 0.3) is 0 Å². The second-order valence-corrected chi connectivity index (χ2v) is 12.6. The predicted octanol–water partition coefficient (Wildman–Crippen LogP) is 3.47. The highest BCUT2D eigenvalue weighted by Gasteiger charge is 2.27. The number of nitrogens with one attached hydrogen (secondary N) is 1. The quantitative estimate of drug-likeness (QED) is 0.395. The fourth-order valence-corrected chi connectivity index (χ4v) is 5.81. The van der Waals surface area contributed by atoms with Crippen molar-refractivity contribution in [3.8, 4) is 5.75 Å². The molecule has 198 valence electrons. The third-order valence-corrected chi connectivity index (χ3v) is 9.17. The van der Waals surface area contributed by atoms with Gasteiger partial charge in [-0.2, -0.15) is 4.31 Å². The second kappa shape index (κ2) is 11.9. The van der Waals surface area contributed by atoms with E-state index in [0.717, 1.165) is 8.61 Å². The van der Waals surface area contributed by atoms with Crippen LogP contribution in [-0.4, -0.2) is 58.6 Å². The zero-order valence-corrected chi connectivity index (χ0v) is 22.8. The van der Waals surface area contributed by atoms with Crippen LogP contribution < -0.4 is 10.1 Å². The third kappa shape index (κ3) is 6.95. The fourth-order valence-electron chi connectivity index (χ4n) is 3.49. The van der Waals surface area contributed by atoms with Gasteiger partial charge in [0.1, 0.15) is 5.75 Å². The monoisotopic (exact) mass is 545 g/mol. The van der Waals surface area contributed by atoms with Gasteiger partial charge in [0.25, 0.3) is 0 Å². The summed E-state index contributed by atoms with van der Waals surface area (Å²) in [6, 6.07) is 19.4. The van der Waals surface area contributed by atoms with Gasteiger partial charge < -0.3 is 10.1 Å². The molecule has 0 unspecified atom stereocenters. The molecule has 0 bridgehead atoms. The summed E-state index contributed by atoms with van der Waals surface area (Å²) in [4.78, 5) is 13.1. The van der Waals surface area contributed by atoms with Gasteiger partial charge >= 0.3 is 0 Å². The van der Waals surface area contributed by atoms with E-state index in [0.29, 0.717) is 23.5 Å². The van der Waals surface area contributed by atoms with Crippen LogP contribution in [0, 0.1) is 6.92 Å². The van der Waals surface area contributed by atoms with Crippen molar-refractivity contribution in [2.45, 2.75) is 30.2 Å². The lowest BCUT2D eigenvalue weighted by molar-refractivity contribution is -0.116. The Bertz CT molecular complexity index is 1440. The van der Waals surface area contributed by atoms with Crippen LogP contribution >= 0.6 is 0 Å². The molecule has 11 heteroatoms. The first-order valence-corrected chi connectivity index (χ1v) is 14.4. The van der Waals surface area contributed by atoms with Crippen molar-refractivity contribution < 1.29 is 26.4 Å². The molecule has 0 saturated heterocycles. The van der Waals surface area contributed by atoms with Crippen molar-refractivity contribution in [2.75, 3.05) is 32.6 Å². The van der Waals surface area contributed by atoms with Gasteiger partial charge in [0.15, 0.2) is 0 Å². The minimum atomic E-state index is -4.06. The van der Waals surface area contributed by atoms with Crippen molar-refractivity contribution >= 4 is 31.6 Å². The summed E-state index contributed by atoms with van der Waals surface area (Å²) in [6.45, 7) is 3.49. The Morgan fingerprint density at radius 1 is 0.865 bits per heavy atom. The molecule has 1 amide bonds. The van der Waals surface area contributed by atoms with Crippen molar-refractivity contribution in [3.63, 3.8) is 0 Å². The standard InChI is InChI=1S/C26H31N3O6S2/c1-5-35-22-12-15-23(16-13-22)37(33,34)29(18-21-9-7-6-8-10-21)19-26(30)27-25-17-24(14-11-20(25)2)36(31,32)28(3)4/h6-17H,5,18-19H2,1-4H3,(H,27,30). The predicted molar refractivity (Wildman–Crippen MR) is 142 cm³/mol. The average molecular weight is 546 g/mol. The number of ether oxygens (including phenoxy) is 1. The highest BCUT2D eigenvalue weighted by Crippen LogP contribution is 2.24. The van der Waals surface area contributed by atoms with Gasteiger partial charge in [-0.1, -0.05) is 36.4 Å². The van der Waals surface area contributed by atoms with Crippen LogP contribution in [0.2, 0.25) is 0 Å². The van der Waals surface area contributed by atoms with E-state index in [1.807, 2.05) is 13.0 Å². The maximum absolute atomic E-state index is 13.5. The van der Waals surface area contributed by atoms with Crippen molar-refractivity contribution in [1.82, 2.24) is 8.61 Å². The molecule has 0 fully saturated rings. The Labute approximate surface area is 218 Å². The number of amides is 1. The minimum absolute atomic E-state index is 0.0153. The van der Waals surface area contributed by atoms with Gasteiger partial charge in [0, 0.05) is 26.3 Å². The number of carbonyl (C=O) groups is 1. The molecule has 3 aromatic carbocycles. The lowest BCUT2D eigenvalue weighted by Gasteiger charge is -2.22. The first kappa shape index (κ1) is 28.3. The largest absolute Gasteiger partial charge is 0.494 e. The maximum atomic E-state index is 13.5. The summed E-state index contributed by atoms with van der Waals surface area (Å²) in [5, 5.41) is 2.68. The van der Waals surface area contributed by atoms with Crippen LogP contribution in [0.3, 0.4) is 0 Å². The van der Waals surface area contributed by atoms with Gasteiger partial charge in [-0.25, -0.2) is 21.1 Å². The smallest absolute Gasteiger partial charge is 0.243 e. The Kier molecular flexibility index (Phi) is 9.08. The van der Waals surface area contributed by atoms with E-state index in [1.165, 1.54) is 38.4 Å². The number of hydrogen-bond acceptors (Lipinski definition) is 6. The minimum Gasteiger partial charge on any atom is -0.494 e. The summed E-state index contributed by atoms with van der Waals surface area (Å²) in [5.41, 5.74) is 1.63. The number of benzene rings is 3. The number of carbonyl (C=O) groups excluding carboxylic acids is 1. The molecule has 1 N–H and O–H groups in total. The Morgan fingerprint density at radius 2 is 1.49 bits per heavy atom. The molecular formula is C26H31N3O6S2. The number of aryl methyl sites for hydroxylation is 1. The zero-order valence-electron chi connectivity index (χ0n) is 21.2. The van der Waals surface area contributed by atoms with Gasteiger partial charge in [0.2, 0.25) is 26.0 Å². The molecule has 0 atom stereocenters. The Hall–Kier alpha value is -3.25. The Morgan fingerprint density at radius 3 is 2.08 bits per heavy atom. The second-order valence-electron chi connectivity index (χ2n) is 8.48. The molecule has 37 heavy (non-hydrogen) atoms. The number of sulfonamides is 2. The zero-order chi connectivity index (χ0) is 27.2. The highest BCUT2D eigenvalue weighted by atomic mass is 32.2. The summed E-state index contributed by atoms with van der Waals surface area (Å²) in [5.74, 6) is -0.0650. The van der Waals surface area contributed by atoms with E-state index in [4.69, 9.17) is 4.74 Å². The van der Waals surface area contributed by atoms with E-state index < -0.39 is 32.5 Å². The molecule has 3 rings (SSSR count). The lowest BCUT2D eigenvalue weighted by atomic mass is 10.2. The molecule has 0 heterocycles. The summed E-state index contributed by atoms with van der Waals surface area (Å²) in [6.07, 6.45) is 0. The topological polar surface area (TPSA) is 113 Å². The summed E-state index contributed by atoms with van der Waals surface area (Å²) in [7, 11) is -4.94. The lowest BCUT2D eigenvalue weighted by Crippen LogP contribution is -2.37. The molecule has 9 nitrogen and oxygen atoms in total. The van der Waals surface area contributed by atoms with Crippen molar-refractivity contribution in [1.29, 1.82) is 0 Å². The van der Waals surface area contributed by atoms with Crippen LogP contribution in [0.4, 0.5) is 5.69 Å². The first-order valence-electron chi connectivity index (χ1n) is 11.5.